The van der Waals surface area contributed by atoms with E-state index in [9.17, 15) is 0 Å². The van der Waals surface area contributed by atoms with E-state index in [4.69, 9.17) is 15.0 Å². The molecule has 18 heavy (non-hydrogen) atoms. The summed E-state index contributed by atoms with van der Waals surface area (Å²) in [5.74, 6) is 6.97. The Morgan fingerprint density at radius 2 is 2.44 bits per heavy atom. The summed E-state index contributed by atoms with van der Waals surface area (Å²) in [6, 6.07) is 3.78. The van der Waals surface area contributed by atoms with Crippen LogP contribution >= 0.6 is 0 Å². The third-order valence-corrected chi connectivity index (χ3v) is 2.38. The Kier molecular flexibility index (Phi) is 6.90. The zero-order valence-electron chi connectivity index (χ0n) is 11.1. The average Bonchev–Trinajstić information content (AvgIpc) is 2.86. The maximum Gasteiger partial charge on any atom is 0.208 e. The summed E-state index contributed by atoms with van der Waals surface area (Å²) in [7, 11) is 1.91. The number of rotatable bonds is 7. The van der Waals surface area contributed by atoms with Gasteiger partial charge in [-0.1, -0.05) is 0 Å². The van der Waals surface area contributed by atoms with Crippen LogP contribution in [0.2, 0.25) is 0 Å². The molecule has 0 bridgehead atoms. The maximum absolute atomic E-state index is 5.46. The highest BCUT2D eigenvalue weighted by molar-refractivity contribution is 5.79. The summed E-state index contributed by atoms with van der Waals surface area (Å²) in [6.07, 6.45) is 2.53. The number of ether oxygens (including phenoxy) is 1. The quantitative estimate of drug-likeness (QED) is 0.249. The number of hydrogen-bond donors (Lipinski definition) is 2. The van der Waals surface area contributed by atoms with Crippen molar-refractivity contribution in [2.24, 2.45) is 10.8 Å². The molecule has 0 saturated heterocycles. The molecule has 1 aromatic rings. The molecule has 0 radical (unpaired) electrons. The molecule has 0 aromatic carbocycles. The van der Waals surface area contributed by atoms with Gasteiger partial charge in [0.2, 0.25) is 5.96 Å². The predicted octanol–water partition coefficient (Wildman–Crippen LogP) is 0.957. The van der Waals surface area contributed by atoms with Crippen LogP contribution in [0, 0.1) is 0 Å². The van der Waals surface area contributed by atoms with Crippen LogP contribution in [-0.4, -0.2) is 37.7 Å². The number of nitrogens with zero attached hydrogens (tertiary/aromatic N) is 2. The first-order valence-electron chi connectivity index (χ1n) is 6.10. The third-order valence-electron chi connectivity index (χ3n) is 2.38. The Labute approximate surface area is 108 Å². The molecule has 0 aliphatic carbocycles. The van der Waals surface area contributed by atoms with Gasteiger partial charge >= 0.3 is 0 Å². The van der Waals surface area contributed by atoms with E-state index in [2.05, 4.69) is 10.4 Å². The minimum Gasteiger partial charge on any atom is -0.467 e. The van der Waals surface area contributed by atoms with Crippen molar-refractivity contribution in [3.05, 3.63) is 24.2 Å². The minimum atomic E-state index is 0.626. The Morgan fingerprint density at radius 1 is 1.61 bits per heavy atom. The molecule has 0 unspecified atom stereocenters. The lowest BCUT2D eigenvalue weighted by molar-refractivity contribution is 0.146. The zero-order valence-corrected chi connectivity index (χ0v) is 11.1. The molecule has 6 nitrogen and oxygen atoms in total. The first-order valence-corrected chi connectivity index (χ1v) is 6.10. The number of guanidine groups is 1. The molecule has 3 N–H and O–H groups in total. The predicted molar refractivity (Wildman–Crippen MR) is 70.9 cm³/mol. The van der Waals surface area contributed by atoms with Gasteiger partial charge in [0.1, 0.15) is 5.76 Å². The summed E-state index contributed by atoms with van der Waals surface area (Å²) >= 11 is 0. The monoisotopic (exact) mass is 254 g/mol. The molecule has 0 aliphatic rings. The van der Waals surface area contributed by atoms with Gasteiger partial charge in [-0.25, -0.2) is 5.84 Å². The Hall–Kier alpha value is -1.53. The molecule has 0 spiro atoms. The van der Waals surface area contributed by atoms with Gasteiger partial charge in [0.05, 0.1) is 12.8 Å². The second-order valence-corrected chi connectivity index (χ2v) is 3.84. The first-order chi connectivity index (χ1) is 8.77. The van der Waals surface area contributed by atoms with Gasteiger partial charge in [-0.15, -0.1) is 0 Å². The van der Waals surface area contributed by atoms with Crippen LogP contribution < -0.4 is 11.3 Å². The number of furan rings is 1. The number of hydrazine groups is 1. The highest BCUT2D eigenvalue weighted by Gasteiger charge is 2.06. The van der Waals surface area contributed by atoms with E-state index in [-0.39, 0.29) is 0 Å². The van der Waals surface area contributed by atoms with Crippen molar-refractivity contribution < 1.29 is 9.15 Å². The molecule has 1 aromatic heterocycles. The van der Waals surface area contributed by atoms with E-state index in [1.165, 1.54) is 0 Å². The Morgan fingerprint density at radius 3 is 3.06 bits per heavy atom. The van der Waals surface area contributed by atoms with Crippen LogP contribution in [0.1, 0.15) is 19.1 Å². The number of aliphatic imine (C=N–C) groups is 1. The van der Waals surface area contributed by atoms with Gasteiger partial charge in [-0.2, -0.15) is 0 Å². The summed E-state index contributed by atoms with van der Waals surface area (Å²) in [5, 5.41) is 0. The van der Waals surface area contributed by atoms with Crippen LogP contribution in [0.3, 0.4) is 0 Å². The van der Waals surface area contributed by atoms with E-state index in [0.29, 0.717) is 19.0 Å². The van der Waals surface area contributed by atoms with Crippen LogP contribution in [0.15, 0.2) is 27.8 Å². The van der Waals surface area contributed by atoms with Crippen molar-refractivity contribution in [1.82, 2.24) is 10.3 Å². The van der Waals surface area contributed by atoms with E-state index in [1.54, 1.807) is 6.26 Å². The third kappa shape index (κ3) is 5.20. The lowest BCUT2D eigenvalue weighted by Crippen LogP contribution is -2.42. The van der Waals surface area contributed by atoms with E-state index >= 15 is 0 Å². The van der Waals surface area contributed by atoms with Crippen molar-refractivity contribution in [2.75, 3.05) is 26.8 Å². The van der Waals surface area contributed by atoms with E-state index in [0.717, 1.165) is 25.4 Å². The summed E-state index contributed by atoms with van der Waals surface area (Å²) < 4.78 is 10.5. The normalized spacial score (nSPS) is 11.6. The molecule has 6 heteroatoms. The molecule has 1 rings (SSSR count). The highest BCUT2D eigenvalue weighted by Crippen LogP contribution is 2.03. The molecule has 1 heterocycles. The van der Waals surface area contributed by atoms with Crippen molar-refractivity contribution in [3.8, 4) is 0 Å². The largest absolute Gasteiger partial charge is 0.467 e. The SMILES string of the molecule is CCOCCCN=C(NN)N(C)Cc1ccco1. The topological polar surface area (TPSA) is 76.0 Å². The number of nitrogens with one attached hydrogen (secondary N) is 1. The van der Waals surface area contributed by atoms with Gasteiger partial charge in [0, 0.05) is 26.8 Å². The van der Waals surface area contributed by atoms with Gasteiger partial charge in [0.25, 0.3) is 0 Å². The van der Waals surface area contributed by atoms with Crippen LogP contribution in [0.25, 0.3) is 0 Å². The molecule has 0 fully saturated rings. The highest BCUT2D eigenvalue weighted by atomic mass is 16.5. The fourth-order valence-electron chi connectivity index (χ4n) is 1.48. The Balaban J connectivity index is 2.36. The average molecular weight is 254 g/mol. The zero-order chi connectivity index (χ0) is 13.2. The number of hydrogen-bond acceptors (Lipinski definition) is 4. The molecular formula is C12H22N4O2. The molecule has 0 amide bonds. The first kappa shape index (κ1) is 14.5. The second-order valence-electron chi connectivity index (χ2n) is 3.84. The van der Waals surface area contributed by atoms with Crippen LogP contribution in [0.5, 0.6) is 0 Å². The fraction of sp³-hybridized carbons (Fsp3) is 0.583. The standard InChI is InChI=1S/C12H22N4O2/c1-3-17-8-5-7-14-12(15-13)16(2)10-11-6-4-9-18-11/h4,6,9H,3,5,7-8,10,13H2,1-2H3,(H,14,15). The molecule has 0 saturated carbocycles. The minimum absolute atomic E-state index is 0.626. The lowest BCUT2D eigenvalue weighted by Gasteiger charge is -2.19. The van der Waals surface area contributed by atoms with Crippen molar-refractivity contribution >= 4 is 5.96 Å². The van der Waals surface area contributed by atoms with Crippen LogP contribution in [-0.2, 0) is 11.3 Å². The lowest BCUT2D eigenvalue weighted by atomic mass is 10.4. The molecule has 0 aliphatic heterocycles. The van der Waals surface area contributed by atoms with Gasteiger partial charge in [-0.05, 0) is 25.5 Å². The van der Waals surface area contributed by atoms with E-state index < -0.39 is 0 Å². The van der Waals surface area contributed by atoms with Crippen molar-refractivity contribution in [3.63, 3.8) is 0 Å². The van der Waals surface area contributed by atoms with Gasteiger partial charge < -0.3 is 14.1 Å². The molecule has 102 valence electrons. The molecule has 0 atom stereocenters. The van der Waals surface area contributed by atoms with Gasteiger partial charge in [0.15, 0.2) is 0 Å². The number of nitrogens with two attached hydrogens (primary N) is 1. The Bertz CT molecular complexity index is 338. The fourth-order valence-corrected chi connectivity index (χ4v) is 1.48. The second kappa shape index (κ2) is 8.54. The summed E-state index contributed by atoms with van der Waals surface area (Å²) in [5.41, 5.74) is 2.60. The van der Waals surface area contributed by atoms with Crippen LogP contribution in [0.4, 0.5) is 0 Å². The van der Waals surface area contributed by atoms with E-state index in [1.807, 2.05) is 31.0 Å². The summed E-state index contributed by atoms with van der Waals surface area (Å²) in [6.45, 7) is 4.75. The van der Waals surface area contributed by atoms with Gasteiger partial charge in [-0.3, -0.25) is 10.4 Å². The summed E-state index contributed by atoms with van der Waals surface area (Å²) in [4.78, 5) is 6.28. The maximum atomic E-state index is 5.46. The smallest absolute Gasteiger partial charge is 0.208 e. The van der Waals surface area contributed by atoms with Crippen molar-refractivity contribution in [2.45, 2.75) is 19.9 Å². The molecular weight excluding hydrogens is 232 g/mol. The van der Waals surface area contributed by atoms with Crippen molar-refractivity contribution in [1.29, 1.82) is 0 Å².